The Morgan fingerprint density at radius 2 is 1.06 bits per heavy atom. The summed E-state index contributed by atoms with van der Waals surface area (Å²) in [5, 5.41) is 15.8. The van der Waals surface area contributed by atoms with Crippen LogP contribution in [0.25, 0.3) is 0 Å². The summed E-state index contributed by atoms with van der Waals surface area (Å²) in [6.45, 7) is 15.9. The maximum atomic E-state index is 9.45. The third-order valence-electron chi connectivity index (χ3n) is 6.51. The van der Waals surface area contributed by atoms with Gasteiger partial charge in [0.25, 0.3) is 0 Å². The SMILES string of the molecule is CC(O)C(=O)O.CCCCCCCC/C=C\CCCCCCCC[N+](CC)(CC)CC. The van der Waals surface area contributed by atoms with Gasteiger partial charge in [0.15, 0.2) is 0 Å². The van der Waals surface area contributed by atoms with Gasteiger partial charge in [-0.15, -0.1) is 0 Å². The van der Waals surface area contributed by atoms with Crippen LogP contribution in [0.15, 0.2) is 12.2 Å². The second-order valence-electron chi connectivity index (χ2n) is 8.97. The summed E-state index contributed by atoms with van der Waals surface area (Å²) in [5.41, 5.74) is 0. The van der Waals surface area contributed by atoms with Crippen molar-refractivity contribution >= 4 is 5.97 Å². The van der Waals surface area contributed by atoms with Crippen molar-refractivity contribution in [2.75, 3.05) is 26.2 Å². The molecule has 4 heteroatoms. The first kappa shape index (κ1) is 32.3. The molecule has 0 aliphatic carbocycles. The van der Waals surface area contributed by atoms with Gasteiger partial charge in [-0.2, -0.15) is 0 Å². The number of carboxylic acid groups (broad SMARTS) is 1. The number of rotatable bonds is 20. The Bertz CT molecular complexity index is 395. The molecule has 0 rings (SSSR count). The number of nitrogens with zero attached hydrogens (tertiary/aromatic N) is 1. The lowest BCUT2D eigenvalue weighted by atomic mass is 10.1. The largest absolute Gasteiger partial charge is 0.479 e. The second kappa shape index (κ2) is 23.8. The van der Waals surface area contributed by atoms with Gasteiger partial charge in [-0.25, -0.2) is 4.79 Å². The minimum absolute atomic E-state index is 1.19. The lowest BCUT2D eigenvalue weighted by molar-refractivity contribution is -0.923. The zero-order valence-electron chi connectivity index (χ0n) is 21.7. The van der Waals surface area contributed by atoms with E-state index in [2.05, 4.69) is 39.8 Å². The van der Waals surface area contributed by atoms with Gasteiger partial charge in [0.2, 0.25) is 0 Å². The molecule has 0 bridgehead atoms. The topological polar surface area (TPSA) is 57.5 Å². The molecule has 2 N–H and O–H groups in total. The summed E-state index contributed by atoms with van der Waals surface area (Å²) in [7, 11) is 0. The molecular weight excluding hydrogens is 386 g/mol. The number of carboxylic acids is 1. The molecule has 0 radical (unpaired) electrons. The van der Waals surface area contributed by atoms with Crippen LogP contribution in [0.4, 0.5) is 0 Å². The van der Waals surface area contributed by atoms with Gasteiger partial charge in [-0.1, -0.05) is 70.4 Å². The highest BCUT2D eigenvalue weighted by molar-refractivity contribution is 5.71. The highest BCUT2D eigenvalue weighted by Crippen LogP contribution is 2.13. The molecule has 1 atom stereocenters. The van der Waals surface area contributed by atoms with Crippen molar-refractivity contribution in [2.45, 2.75) is 131 Å². The van der Waals surface area contributed by atoms with Crippen LogP contribution >= 0.6 is 0 Å². The van der Waals surface area contributed by atoms with Crippen molar-refractivity contribution in [3.63, 3.8) is 0 Å². The molecule has 0 saturated heterocycles. The summed E-state index contributed by atoms with van der Waals surface area (Å²) in [4.78, 5) is 9.45. The monoisotopic (exact) mass is 442 g/mol. The summed E-state index contributed by atoms with van der Waals surface area (Å²) < 4.78 is 1.32. The minimum atomic E-state index is -1.23. The Hall–Kier alpha value is -0.870. The van der Waals surface area contributed by atoms with E-state index >= 15 is 0 Å². The molecule has 0 amide bonds. The lowest BCUT2D eigenvalue weighted by Gasteiger charge is -2.35. The van der Waals surface area contributed by atoms with E-state index in [1.165, 1.54) is 127 Å². The average molecular weight is 443 g/mol. The summed E-state index contributed by atoms with van der Waals surface area (Å²) in [6.07, 6.45) is 23.3. The van der Waals surface area contributed by atoms with Crippen LogP contribution in [-0.4, -0.2) is 52.9 Å². The Morgan fingerprint density at radius 1 is 0.710 bits per heavy atom. The fourth-order valence-corrected chi connectivity index (χ4v) is 3.84. The van der Waals surface area contributed by atoms with Crippen LogP contribution in [-0.2, 0) is 4.79 Å². The first-order chi connectivity index (χ1) is 14.9. The number of allylic oxidation sites excluding steroid dienone is 2. The molecule has 0 aromatic carbocycles. The van der Waals surface area contributed by atoms with Crippen LogP contribution in [0.1, 0.15) is 125 Å². The molecule has 0 heterocycles. The van der Waals surface area contributed by atoms with Crippen molar-refractivity contribution in [3.05, 3.63) is 12.2 Å². The number of aliphatic hydroxyl groups is 1. The predicted molar refractivity (Wildman–Crippen MR) is 136 cm³/mol. The van der Waals surface area contributed by atoms with E-state index in [9.17, 15) is 4.79 Å². The van der Waals surface area contributed by atoms with Crippen molar-refractivity contribution in [2.24, 2.45) is 0 Å². The smallest absolute Gasteiger partial charge is 0.332 e. The molecular formula is C27H56NO3+. The Kier molecular flexibility index (Phi) is 24.8. The summed E-state index contributed by atoms with van der Waals surface area (Å²) in [5.74, 6) is -1.19. The Labute approximate surface area is 194 Å². The van der Waals surface area contributed by atoms with E-state index in [1.54, 1.807) is 0 Å². The molecule has 0 aliphatic rings. The molecule has 0 aromatic heterocycles. The number of unbranched alkanes of at least 4 members (excludes halogenated alkanes) is 12. The molecule has 186 valence electrons. The normalized spacial score (nSPS) is 12.6. The van der Waals surface area contributed by atoms with Gasteiger partial charge in [-0.05, 0) is 66.2 Å². The van der Waals surface area contributed by atoms with Crippen LogP contribution in [0, 0.1) is 0 Å². The van der Waals surface area contributed by atoms with E-state index in [4.69, 9.17) is 10.2 Å². The van der Waals surface area contributed by atoms with Crippen LogP contribution in [0.2, 0.25) is 0 Å². The highest BCUT2D eigenvalue weighted by atomic mass is 16.4. The van der Waals surface area contributed by atoms with Crippen molar-refractivity contribution in [1.29, 1.82) is 0 Å². The van der Waals surface area contributed by atoms with Gasteiger partial charge in [0, 0.05) is 0 Å². The molecule has 0 spiro atoms. The van der Waals surface area contributed by atoms with Crippen molar-refractivity contribution in [3.8, 4) is 0 Å². The maximum absolute atomic E-state index is 9.45. The summed E-state index contributed by atoms with van der Waals surface area (Å²) in [6, 6.07) is 0. The maximum Gasteiger partial charge on any atom is 0.332 e. The van der Waals surface area contributed by atoms with Crippen molar-refractivity contribution in [1.82, 2.24) is 0 Å². The van der Waals surface area contributed by atoms with Crippen LogP contribution < -0.4 is 0 Å². The zero-order valence-corrected chi connectivity index (χ0v) is 21.7. The molecule has 0 saturated carbocycles. The van der Waals surface area contributed by atoms with E-state index < -0.39 is 12.1 Å². The molecule has 0 fully saturated rings. The predicted octanol–water partition coefficient (Wildman–Crippen LogP) is 7.35. The van der Waals surface area contributed by atoms with E-state index in [1.807, 2.05) is 0 Å². The fourth-order valence-electron chi connectivity index (χ4n) is 3.84. The van der Waals surface area contributed by atoms with Crippen LogP contribution in [0.5, 0.6) is 0 Å². The first-order valence-corrected chi connectivity index (χ1v) is 13.3. The molecule has 4 nitrogen and oxygen atoms in total. The highest BCUT2D eigenvalue weighted by Gasteiger charge is 2.19. The number of aliphatic hydroxyl groups excluding tert-OH is 1. The van der Waals surface area contributed by atoms with Gasteiger partial charge < -0.3 is 14.7 Å². The fraction of sp³-hybridized carbons (Fsp3) is 0.889. The third-order valence-corrected chi connectivity index (χ3v) is 6.51. The van der Waals surface area contributed by atoms with Crippen LogP contribution in [0.3, 0.4) is 0 Å². The first-order valence-electron chi connectivity index (χ1n) is 13.3. The second-order valence-corrected chi connectivity index (χ2v) is 8.97. The number of quaternary nitrogens is 1. The molecule has 1 unspecified atom stereocenters. The average Bonchev–Trinajstić information content (AvgIpc) is 2.77. The number of aliphatic carboxylic acids is 1. The Morgan fingerprint density at radius 3 is 1.42 bits per heavy atom. The number of carbonyl (C=O) groups is 1. The Balaban J connectivity index is 0. The molecule has 31 heavy (non-hydrogen) atoms. The molecule has 0 aliphatic heterocycles. The standard InChI is InChI=1S/C24H50N.C3H6O3/c1-5-9-10-11-12-13-14-15-16-17-18-19-20-21-22-23-24-25(6-2,7-3)8-4;1-2(4)3(5)6/h15-16H,5-14,17-24H2,1-4H3;2,4H,1H3,(H,5,6)/q+1;/b16-15-;. The lowest BCUT2D eigenvalue weighted by Crippen LogP contribution is -2.48. The van der Waals surface area contributed by atoms with E-state index in [-0.39, 0.29) is 0 Å². The zero-order chi connectivity index (χ0) is 23.8. The van der Waals surface area contributed by atoms with E-state index in [0.717, 1.165) is 0 Å². The van der Waals surface area contributed by atoms with E-state index in [0.29, 0.717) is 0 Å². The van der Waals surface area contributed by atoms with Gasteiger partial charge >= 0.3 is 5.97 Å². The molecule has 0 aromatic rings. The quantitative estimate of drug-likeness (QED) is 0.118. The van der Waals surface area contributed by atoms with Crippen molar-refractivity contribution < 1.29 is 19.5 Å². The number of hydrogen-bond acceptors (Lipinski definition) is 2. The third kappa shape index (κ3) is 22.1. The number of hydrogen-bond donors (Lipinski definition) is 2. The van der Waals surface area contributed by atoms with Gasteiger partial charge in [0.05, 0.1) is 26.2 Å². The summed E-state index contributed by atoms with van der Waals surface area (Å²) >= 11 is 0. The minimum Gasteiger partial charge on any atom is -0.479 e. The van der Waals surface area contributed by atoms with Gasteiger partial charge in [0.1, 0.15) is 6.10 Å². The van der Waals surface area contributed by atoms with Gasteiger partial charge in [-0.3, -0.25) is 0 Å².